The highest BCUT2D eigenvalue weighted by molar-refractivity contribution is 5.82. The summed E-state index contributed by atoms with van der Waals surface area (Å²) >= 11 is 0. The summed E-state index contributed by atoms with van der Waals surface area (Å²) in [5.74, 6) is -1.26. The lowest BCUT2D eigenvalue weighted by Gasteiger charge is -2.43. The van der Waals surface area contributed by atoms with Crippen LogP contribution in [0, 0.1) is 5.92 Å². The topological polar surface area (TPSA) is 70.5 Å². The number of likely N-dealkylation sites (tertiary alicyclic amines) is 1. The highest BCUT2D eigenvalue weighted by atomic mass is 16.4. The average molecular weight is 288 g/mol. The Morgan fingerprint density at radius 3 is 2.67 bits per heavy atom. The van der Waals surface area contributed by atoms with E-state index in [9.17, 15) is 14.7 Å². The molecule has 1 aliphatic heterocycles. The van der Waals surface area contributed by atoms with Crippen molar-refractivity contribution in [3.63, 3.8) is 0 Å². The molecule has 2 unspecified atom stereocenters. The number of hydrogen-bond acceptors (Lipinski definition) is 3. The van der Waals surface area contributed by atoms with Gasteiger partial charge in [0, 0.05) is 24.9 Å². The number of hydrogen-bond donors (Lipinski definition) is 1. The summed E-state index contributed by atoms with van der Waals surface area (Å²) in [6, 6.07) is 3.50. The molecular weight excluding hydrogens is 268 g/mol. The smallest absolute Gasteiger partial charge is 0.308 e. The van der Waals surface area contributed by atoms with Crippen LogP contribution in [0.5, 0.6) is 0 Å². The van der Waals surface area contributed by atoms with Crippen molar-refractivity contribution in [2.75, 3.05) is 0 Å². The van der Waals surface area contributed by atoms with Crippen molar-refractivity contribution in [3.8, 4) is 0 Å². The van der Waals surface area contributed by atoms with Gasteiger partial charge in [-0.15, -0.1) is 0 Å². The van der Waals surface area contributed by atoms with Gasteiger partial charge in [0.2, 0.25) is 5.91 Å². The van der Waals surface area contributed by atoms with E-state index in [1.54, 1.807) is 18.5 Å². The van der Waals surface area contributed by atoms with Crippen LogP contribution in [0.3, 0.4) is 0 Å². The summed E-state index contributed by atoms with van der Waals surface area (Å²) in [4.78, 5) is 30.1. The van der Waals surface area contributed by atoms with Gasteiger partial charge in [0.1, 0.15) is 0 Å². The molecule has 5 heteroatoms. The summed E-state index contributed by atoms with van der Waals surface area (Å²) in [6.45, 7) is 0. The summed E-state index contributed by atoms with van der Waals surface area (Å²) in [5.41, 5.74) is 0.838. The van der Waals surface area contributed by atoms with Crippen molar-refractivity contribution in [1.82, 2.24) is 9.88 Å². The molecule has 2 fully saturated rings. The zero-order chi connectivity index (χ0) is 14.8. The van der Waals surface area contributed by atoms with Crippen molar-refractivity contribution >= 4 is 11.9 Å². The lowest BCUT2D eigenvalue weighted by Crippen LogP contribution is -2.49. The minimum Gasteiger partial charge on any atom is -0.481 e. The SMILES string of the molecule is O=C(O)C1CCC(=O)N(C2CCCC2)C1c1cccnc1. The number of pyridine rings is 1. The van der Waals surface area contributed by atoms with Crippen LogP contribution in [0.25, 0.3) is 0 Å². The van der Waals surface area contributed by atoms with Gasteiger partial charge in [0.25, 0.3) is 0 Å². The molecule has 2 heterocycles. The molecule has 0 radical (unpaired) electrons. The first-order valence-corrected chi connectivity index (χ1v) is 7.62. The Balaban J connectivity index is 1.99. The Bertz CT molecular complexity index is 526. The maximum Gasteiger partial charge on any atom is 0.308 e. The lowest BCUT2D eigenvalue weighted by atomic mass is 9.83. The van der Waals surface area contributed by atoms with E-state index >= 15 is 0 Å². The van der Waals surface area contributed by atoms with Crippen LogP contribution >= 0.6 is 0 Å². The minimum absolute atomic E-state index is 0.0910. The predicted octanol–water partition coefficient (Wildman–Crippen LogP) is 2.39. The third kappa shape index (κ3) is 2.64. The Labute approximate surface area is 124 Å². The fourth-order valence-electron chi connectivity index (χ4n) is 3.73. The monoisotopic (exact) mass is 288 g/mol. The van der Waals surface area contributed by atoms with E-state index in [1.165, 1.54) is 0 Å². The molecule has 1 aromatic rings. The van der Waals surface area contributed by atoms with E-state index < -0.39 is 11.9 Å². The Hall–Kier alpha value is -1.91. The molecule has 0 aromatic carbocycles. The van der Waals surface area contributed by atoms with Crippen LogP contribution in [0.1, 0.15) is 50.1 Å². The molecule has 21 heavy (non-hydrogen) atoms. The van der Waals surface area contributed by atoms with E-state index in [2.05, 4.69) is 4.98 Å². The van der Waals surface area contributed by atoms with Crippen LogP contribution in [0.4, 0.5) is 0 Å². The molecular formula is C16H20N2O3. The van der Waals surface area contributed by atoms with Crippen molar-refractivity contribution in [3.05, 3.63) is 30.1 Å². The highest BCUT2D eigenvalue weighted by Crippen LogP contribution is 2.41. The molecule has 1 saturated heterocycles. The second kappa shape index (κ2) is 5.84. The van der Waals surface area contributed by atoms with Crippen LogP contribution in [-0.4, -0.2) is 32.9 Å². The zero-order valence-corrected chi connectivity index (χ0v) is 11.9. The van der Waals surface area contributed by atoms with Gasteiger partial charge in [-0.3, -0.25) is 14.6 Å². The predicted molar refractivity (Wildman–Crippen MR) is 76.4 cm³/mol. The standard InChI is InChI=1S/C16H20N2O3/c19-14-8-7-13(16(20)21)15(11-4-3-9-17-10-11)18(14)12-5-1-2-6-12/h3-4,9-10,12-13,15H,1-2,5-8H2,(H,20,21). The summed E-state index contributed by atoms with van der Waals surface area (Å²) in [7, 11) is 0. The normalized spacial score (nSPS) is 27.0. The fraction of sp³-hybridized carbons (Fsp3) is 0.562. The van der Waals surface area contributed by atoms with E-state index in [-0.39, 0.29) is 18.0 Å². The van der Waals surface area contributed by atoms with E-state index in [1.807, 2.05) is 11.0 Å². The molecule has 1 aliphatic carbocycles. The van der Waals surface area contributed by atoms with Gasteiger partial charge in [0.15, 0.2) is 0 Å². The van der Waals surface area contributed by atoms with Gasteiger partial charge in [-0.1, -0.05) is 18.9 Å². The maximum atomic E-state index is 12.4. The van der Waals surface area contributed by atoms with Gasteiger partial charge < -0.3 is 10.0 Å². The van der Waals surface area contributed by atoms with Gasteiger partial charge in [-0.05, 0) is 30.9 Å². The third-order valence-electron chi connectivity index (χ3n) is 4.70. The Morgan fingerprint density at radius 2 is 2.05 bits per heavy atom. The lowest BCUT2D eigenvalue weighted by molar-refractivity contribution is -0.154. The molecule has 112 valence electrons. The number of rotatable bonds is 3. The van der Waals surface area contributed by atoms with Gasteiger partial charge in [-0.2, -0.15) is 0 Å². The number of nitrogens with zero attached hydrogens (tertiary/aromatic N) is 2. The molecule has 1 N–H and O–H groups in total. The molecule has 2 aliphatic rings. The van der Waals surface area contributed by atoms with Crippen molar-refractivity contribution in [2.24, 2.45) is 5.92 Å². The van der Waals surface area contributed by atoms with Gasteiger partial charge in [-0.25, -0.2) is 0 Å². The average Bonchev–Trinajstić information content (AvgIpc) is 3.01. The summed E-state index contributed by atoms with van der Waals surface area (Å²) in [5, 5.41) is 9.56. The highest BCUT2D eigenvalue weighted by Gasteiger charge is 2.44. The van der Waals surface area contributed by atoms with Crippen LogP contribution in [0.15, 0.2) is 24.5 Å². The van der Waals surface area contributed by atoms with E-state index in [4.69, 9.17) is 0 Å². The van der Waals surface area contributed by atoms with Gasteiger partial charge in [0.05, 0.1) is 12.0 Å². The minimum atomic E-state index is -0.820. The van der Waals surface area contributed by atoms with Crippen LogP contribution in [0.2, 0.25) is 0 Å². The quantitative estimate of drug-likeness (QED) is 0.927. The van der Waals surface area contributed by atoms with E-state index in [0.717, 1.165) is 31.2 Å². The van der Waals surface area contributed by atoms with Crippen molar-refractivity contribution < 1.29 is 14.7 Å². The first kappa shape index (κ1) is 14.0. The Morgan fingerprint density at radius 1 is 1.29 bits per heavy atom. The molecule has 0 spiro atoms. The van der Waals surface area contributed by atoms with Gasteiger partial charge >= 0.3 is 5.97 Å². The Kier molecular flexibility index (Phi) is 3.90. The first-order chi connectivity index (χ1) is 10.2. The maximum absolute atomic E-state index is 12.4. The number of piperidine rings is 1. The first-order valence-electron chi connectivity index (χ1n) is 7.62. The number of carbonyl (C=O) groups is 2. The number of carboxylic acids is 1. The fourth-order valence-corrected chi connectivity index (χ4v) is 3.73. The molecule has 1 amide bonds. The second-order valence-electron chi connectivity index (χ2n) is 5.95. The van der Waals surface area contributed by atoms with Crippen molar-refractivity contribution in [2.45, 2.75) is 50.6 Å². The number of aliphatic carboxylic acids is 1. The number of carbonyl (C=O) groups excluding carboxylic acids is 1. The molecule has 0 bridgehead atoms. The summed E-state index contributed by atoms with van der Waals surface area (Å²) in [6.07, 6.45) is 8.31. The molecule has 1 saturated carbocycles. The van der Waals surface area contributed by atoms with E-state index in [0.29, 0.717) is 12.8 Å². The zero-order valence-electron chi connectivity index (χ0n) is 11.9. The van der Waals surface area contributed by atoms with Crippen molar-refractivity contribution in [1.29, 1.82) is 0 Å². The number of carboxylic acid groups (broad SMARTS) is 1. The van der Waals surface area contributed by atoms with Crippen LogP contribution < -0.4 is 0 Å². The molecule has 1 aromatic heterocycles. The number of amides is 1. The largest absolute Gasteiger partial charge is 0.481 e. The number of aromatic nitrogens is 1. The molecule has 3 rings (SSSR count). The molecule has 2 atom stereocenters. The molecule has 5 nitrogen and oxygen atoms in total. The second-order valence-corrected chi connectivity index (χ2v) is 5.95. The third-order valence-corrected chi connectivity index (χ3v) is 4.70. The van der Waals surface area contributed by atoms with Crippen LogP contribution in [-0.2, 0) is 9.59 Å². The summed E-state index contributed by atoms with van der Waals surface area (Å²) < 4.78 is 0.